The molecule has 0 aliphatic heterocycles. The Morgan fingerprint density at radius 1 is 1.69 bits per heavy atom. The average Bonchev–Trinajstić information content (AvgIpc) is 2.07. The Kier molecular flexibility index (Phi) is 2.84. The molecule has 0 unspecified atom stereocenters. The monoisotopic (exact) mass is 181 g/mol. The fourth-order valence-corrected chi connectivity index (χ4v) is 0.892. The van der Waals surface area contributed by atoms with Crippen LogP contribution in [0.1, 0.15) is 20.8 Å². The van der Waals surface area contributed by atoms with Crippen molar-refractivity contribution >= 4 is 11.9 Å². The Hall–Kier alpha value is -1.58. The van der Waals surface area contributed by atoms with Crippen molar-refractivity contribution in [3.8, 4) is 5.88 Å². The van der Waals surface area contributed by atoms with E-state index in [1.165, 1.54) is 12.4 Å². The minimum Gasteiger partial charge on any atom is -0.475 e. The van der Waals surface area contributed by atoms with Crippen molar-refractivity contribution in [1.29, 1.82) is 5.41 Å². The number of ether oxygens (including phenoxy) is 1. The molecule has 0 amide bonds. The van der Waals surface area contributed by atoms with Crippen molar-refractivity contribution in [3.05, 3.63) is 17.8 Å². The summed E-state index contributed by atoms with van der Waals surface area (Å²) in [6, 6.07) is 1.66. The van der Waals surface area contributed by atoms with Crippen molar-refractivity contribution in [3.63, 3.8) is 0 Å². The van der Waals surface area contributed by atoms with E-state index in [1.54, 1.807) is 6.07 Å². The second-order valence-electron chi connectivity index (χ2n) is 2.96. The second kappa shape index (κ2) is 3.89. The van der Waals surface area contributed by atoms with Gasteiger partial charge in [-0.2, -0.15) is 0 Å². The Balaban J connectivity index is 0.00000169. The van der Waals surface area contributed by atoms with E-state index in [4.69, 9.17) is 15.9 Å². The molecule has 0 radical (unpaired) electrons. The minimum absolute atomic E-state index is 0. The number of hydrogen-bond acceptors (Lipinski definition) is 4. The van der Waals surface area contributed by atoms with E-state index >= 15 is 0 Å². The van der Waals surface area contributed by atoms with E-state index in [-0.39, 0.29) is 7.53 Å². The Labute approximate surface area is 78.7 Å². The molecule has 1 aromatic heterocycles. The fraction of sp³-hybridized carbons (Fsp3) is 0.333. The van der Waals surface area contributed by atoms with E-state index in [1.807, 2.05) is 13.8 Å². The van der Waals surface area contributed by atoms with Crippen LogP contribution in [0.15, 0.2) is 12.3 Å². The highest BCUT2D eigenvalue weighted by Gasteiger charge is 2.02. The first-order valence-corrected chi connectivity index (χ1v) is 4.06. The first-order valence-electron chi connectivity index (χ1n) is 4.06. The van der Waals surface area contributed by atoms with Crippen LogP contribution in [0.25, 0.3) is 0 Å². The van der Waals surface area contributed by atoms with E-state index in [0.29, 0.717) is 17.1 Å². The van der Waals surface area contributed by atoms with Crippen LogP contribution in [-0.2, 0) is 0 Å². The molecular formula is C9H15N3O. The molecule has 0 fully saturated rings. The summed E-state index contributed by atoms with van der Waals surface area (Å²) in [5.41, 5.74) is 6.68. The van der Waals surface area contributed by atoms with E-state index in [9.17, 15) is 0 Å². The van der Waals surface area contributed by atoms with Crippen LogP contribution >= 0.6 is 0 Å². The van der Waals surface area contributed by atoms with Crippen LogP contribution < -0.4 is 10.5 Å². The number of rotatable bonds is 3. The normalized spacial score (nSPS) is 10.1. The maximum Gasteiger partial charge on any atom is 0.214 e. The Bertz CT molecular complexity index is 315. The van der Waals surface area contributed by atoms with Crippen LogP contribution in [0.5, 0.6) is 5.88 Å². The molecule has 0 spiro atoms. The third kappa shape index (κ3) is 2.43. The van der Waals surface area contributed by atoms with Crippen molar-refractivity contribution < 1.29 is 6.16 Å². The highest BCUT2D eigenvalue weighted by Crippen LogP contribution is 2.15. The zero-order valence-electron chi connectivity index (χ0n) is 7.74. The van der Waals surface area contributed by atoms with Gasteiger partial charge in [0.25, 0.3) is 0 Å². The number of nitrogens with two attached hydrogens (primary N) is 1. The predicted molar refractivity (Wildman–Crippen MR) is 54.4 cm³/mol. The van der Waals surface area contributed by atoms with Crippen LogP contribution in [0, 0.1) is 5.41 Å². The summed E-state index contributed by atoms with van der Waals surface area (Å²) in [6.07, 6.45) is 2.76. The molecule has 0 bridgehead atoms. The second-order valence-corrected chi connectivity index (χ2v) is 2.96. The van der Waals surface area contributed by atoms with Gasteiger partial charge in [-0.05, 0) is 13.8 Å². The number of nitrogen functional groups attached to an aromatic ring is 1. The standard InChI is InChI=1S/C9H13N3O.H2/c1-6(2)13-9-3-7(4-10)8(11)5-12-9;/h3-6,10H,11H2,1-2H3;1H. The van der Waals surface area contributed by atoms with Crippen LogP contribution in [-0.4, -0.2) is 17.3 Å². The van der Waals surface area contributed by atoms with Gasteiger partial charge in [0.2, 0.25) is 5.88 Å². The first kappa shape index (κ1) is 9.51. The molecular weight excluding hydrogens is 166 g/mol. The van der Waals surface area contributed by atoms with Crippen molar-refractivity contribution in [2.45, 2.75) is 20.0 Å². The highest BCUT2D eigenvalue weighted by molar-refractivity contribution is 5.84. The van der Waals surface area contributed by atoms with Crippen LogP contribution in [0.4, 0.5) is 5.69 Å². The van der Waals surface area contributed by atoms with Crippen LogP contribution in [0.2, 0.25) is 0 Å². The van der Waals surface area contributed by atoms with Gasteiger partial charge < -0.3 is 15.9 Å². The van der Waals surface area contributed by atoms with Gasteiger partial charge >= 0.3 is 0 Å². The molecule has 4 heteroatoms. The van der Waals surface area contributed by atoms with Crippen molar-refractivity contribution in [1.82, 2.24) is 4.98 Å². The lowest BCUT2D eigenvalue weighted by atomic mass is 10.2. The van der Waals surface area contributed by atoms with Gasteiger partial charge in [0.1, 0.15) is 0 Å². The highest BCUT2D eigenvalue weighted by atomic mass is 16.5. The largest absolute Gasteiger partial charge is 0.475 e. The van der Waals surface area contributed by atoms with Gasteiger partial charge in [0, 0.05) is 19.3 Å². The lowest BCUT2D eigenvalue weighted by Crippen LogP contribution is -2.07. The molecule has 0 saturated carbocycles. The van der Waals surface area contributed by atoms with Gasteiger partial charge in [0.05, 0.1) is 18.0 Å². The zero-order chi connectivity index (χ0) is 9.84. The van der Waals surface area contributed by atoms with Gasteiger partial charge in [-0.1, -0.05) is 0 Å². The van der Waals surface area contributed by atoms with Gasteiger partial charge in [-0.3, -0.25) is 0 Å². The molecule has 0 saturated heterocycles. The topological polar surface area (TPSA) is 72.0 Å². The SMILES string of the molecule is CC(C)Oc1cc(C=N)c(N)cn1.[HH]. The third-order valence-corrected chi connectivity index (χ3v) is 1.46. The summed E-state index contributed by atoms with van der Waals surface area (Å²) in [5, 5.41) is 7.08. The molecule has 0 aromatic carbocycles. The molecule has 13 heavy (non-hydrogen) atoms. The third-order valence-electron chi connectivity index (χ3n) is 1.46. The number of aromatic nitrogens is 1. The van der Waals surface area contributed by atoms with Crippen molar-refractivity contribution in [2.24, 2.45) is 0 Å². The molecule has 3 N–H and O–H groups in total. The Morgan fingerprint density at radius 2 is 2.38 bits per heavy atom. The lowest BCUT2D eigenvalue weighted by molar-refractivity contribution is 0.232. The molecule has 72 valence electrons. The number of nitrogens with one attached hydrogen (secondary N) is 1. The average molecular weight is 181 g/mol. The first-order chi connectivity index (χ1) is 6.13. The summed E-state index contributed by atoms with van der Waals surface area (Å²) in [6.45, 7) is 3.84. The molecule has 0 aliphatic rings. The molecule has 4 nitrogen and oxygen atoms in total. The van der Waals surface area contributed by atoms with Gasteiger partial charge in [0.15, 0.2) is 0 Å². The van der Waals surface area contributed by atoms with Crippen molar-refractivity contribution in [2.75, 3.05) is 5.73 Å². The summed E-state index contributed by atoms with van der Waals surface area (Å²) in [5.74, 6) is 0.503. The summed E-state index contributed by atoms with van der Waals surface area (Å²) in [7, 11) is 0. The Morgan fingerprint density at radius 3 is 2.92 bits per heavy atom. The maximum atomic E-state index is 7.08. The quantitative estimate of drug-likeness (QED) is 0.697. The minimum atomic E-state index is 0. The zero-order valence-corrected chi connectivity index (χ0v) is 7.74. The molecule has 1 rings (SSSR count). The van der Waals surface area contributed by atoms with E-state index in [0.717, 1.165) is 0 Å². The number of pyridine rings is 1. The number of anilines is 1. The molecule has 0 atom stereocenters. The summed E-state index contributed by atoms with van der Waals surface area (Å²) in [4.78, 5) is 3.98. The molecule has 1 aromatic rings. The molecule has 0 aliphatic carbocycles. The van der Waals surface area contributed by atoms with Gasteiger partial charge in [-0.15, -0.1) is 0 Å². The van der Waals surface area contributed by atoms with E-state index < -0.39 is 0 Å². The summed E-state index contributed by atoms with van der Waals surface area (Å²) >= 11 is 0. The predicted octanol–water partition coefficient (Wildman–Crippen LogP) is 1.69. The number of hydrogen-bond donors (Lipinski definition) is 2. The molecule has 1 heterocycles. The van der Waals surface area contributed by atoms with Gasteiger partial charge in [-0.25, -0.2) is 4.98 Å². The van der Waals surface area contributed by atoms with Crippen LogP contribution in [0.3, 0.4) is 0 Å². The number of nitrogens with zero attached hydrogens (tertiary/aromatic N) is 1. The van der Waals surface area contributed by atoms with E-state index in [2.05, 4.69) is 4.98 Å². The maximum absolute atomic E-state index is 7.08. The smallest absolute Gasteiger partial charge is 0.214 e. The fourth-order valence-electron chi connectivity index (χ4n) is 0.892. The lowest BCUT2D eigenvalue weighted by Gasteiger charge is -2.09. The summed E-state index contributed by atoms with van der Waals surface area (Å²) < 4.78 is 5.34.